The summed E-state index contributed by atoms with van der Waals surface area (Å²) in [6.07, 6.45) is 1.43. The van der Waals surface area contributed by atoms with Crippen LogP contribution in [0.15, 0.2) is 36.4 Å². The predicted octanol–water partition coefficient (Wildman–Crippen LogP) is 4.75. The van der Waals surface area contributed by atoms with E-state index in [9.17, 15) is 4.79 Å². The zero-order valence-electron chi connectivity index (χ0n) is 17.5. The van der Waals surface area contributed by atoms with Crippen molar-refractivity contribution in [2.75, 3.05) is 19.8 Å². The molecule has 30 heavy (non-hydrogen) atoms. The summed E-state index contributed by atoms with van der Waals surface area (Å²) in [6, 6.07) is 11.0. The van der Waals surface area contributed by atoms with Crippen LogP contribution in [0.1, 0.15) is 42.0 Å². The second-order valence-corrected chi connectivity index (χ2v) is 7.22. The smallest absolute Gasteiger partial charge is 0.251 e. The maximum absolute atomic E-state index is 12.7. The molecule has 1 amide bonds. The Bertz CT molecular complexity index is 1040. The molecule has 1 aromatic heterocycles. The van der Waals surface area contributed by atoms with E-state index in [2.05, 4.69) is 15.3 Å². The number of ether oxygens (including phenoxy) is 2. The summed E-state index contributed by atoms with van der Waals surface area (Å²) in [5, 5.41) is 3.28. The van der Waals surface area contributed by atoms with Gasteiger partial charge in [0.2, 0.25) is 0 Å². The number of para-hydroxylation sites is 2. The van der Waals surface area contributed by atoms with E-state index in [1.165, 1.54) is 0 Å². The molecule has 7 heteroatoms. The Morgan fingerprint density at radius 1 is 1.10 bits per heavy atom. The number of nitrogens with one attached hydrogen (secondary N) is 1. The molecule has 0 spiro atoms. The van der Waals surface area contributed by atoms with Crippen LogP contribution in [0, 0.1) is 6.92 Å². The number of nitrogens with zero attached hydrogens (tertiary/aromatic N) is 2. The molecule has 0 aliphatic carbocycles. The molecule has 3 rings (SSSR count). The lowest BCUT2D eigenvalue weighted by Gasteiger charge is -2.15. The van der Waals surface area contributed by atoms with Gasteiger partial charge in [0.1, 0.15) is 0 Å². The standard InChI is InChI=1S/C23H26ClN3O3/c1-4-12-30-22-17(24)13-16(14-21(22)29-5-2)23(28)25-11-10-18-15(3)26-19-8-6-7-9-20(19)27-18/h6-9,13-14H,4-5,10-12H2,1-3H3,(H,25,28). The number of hydrogen-bond acceptors (Lipinski definition) is 5. The average molecular weight is 428 g/mol. The number of amides is 1. The van der Waals surface area contributed by atoms with Gasteiger partial charge in [0.15, 0.2) is 11.5 Å². The predicted molar refractivity (Wildman–Crippen MR) is 119 cm³/mol. The summed E-state index contributed by atoms with van der Waals surface area (Å²) in [7, 11) is 0. The fourth-order valence-electron chi connectivity index (χ4n) is 3.06. The van der Waals surface area contributed by atoms with Gasteiger partial charge in [-0.25, -0.2) is 9.97 Å². The van der Waals surface area contributed by atoms with Gasteiger partial charge >= 0.3 is 0 Å². The molecule has 0 saturated carbocycles. The highest BCUT2D eigenvalue weighted by Gasteiger charge is 2.16. The second kappa shape index (κ2) is 10.3. The Hall–Kier alpha value is -2.86. The highest BCUT2D eigenvalue weighted by atomic mass is 35.5. The normalized spacial score (nSPS) is 10.8. The van der Waals surface area contributed by atoms with E-state index in [0.29, 0.717) is 48.3 Å². The molecule has 0 saturated heterocycles. The minimum Gasteiger partial charge on any atom is -0.490 e. The minimum atomic E-state index is -0.230. The maximum atomic E-state index is 12.7. The topological polar surface area (TPSA) is 73.3 Å². The van der Waals surface area contributed by atoms with Gasteiger partial charge < -0.3 is 14.8 Å². The molecular weight excluding hydrogens is 402 g/mol. The zero-order chi connectivity index (χ0) is 21.5. The van der Waals surface area contributed by atoms with E-state index in [0.717, 1.165) is 28.8 Å². The quantitative estimate of drug-likeness (QED) is 0.533. The van der Waals surface area contributed by atoms with Gasteiger partial charge in [-0.3, -0.25) is 4.79 Å². The van der Waals surface area contributed by atoms with Gasteiger partial charge in [0, 0.05) is 18.5 Å². The fraction of sp³-hybridized carbons (Fsp3) is 0.348. The first-order valence-corrected chi connectivity index (χ1v) is 10.5. The number of aryl methyl sites for hydroxylation is 1. The summed E-state index contributed by atoms with van der Waals surface area (Å²) < 4.78 is 11.3. The van der Waals surface area contributed by atoms with Gasteiger partial charge in [-0.05, 0) is 44.5 Å². The number of halogens is 1. The van der Waals surface area contributed by atoms with Gasteiger partial charge in [0.25, 0.3) is 5.91 Å². The Morgan fingerprint density at radius 3 is 2.53 bits per heavy atom. The van der Waals surface area contributed by atoms with E-state index >= 15 is 0 Å². The van der Waals surface area contributed by atoms with Crippen molar-refractivity contribution in [3.8, 4) is 11.5 Å². The lowest BCUT2D eigenvalue weighted by molar-refractivity contribution is 0.0953. The summed E-state index contributed by atoms with van der Waals surface area (Å²) >= 11 is 6.35. The lowest BCUT2D eigenvalue weighted by Crippen LogP contribution is -2.26. The molecule has 0 radical (unpaired) electrons. The van der Waals surface area contributed by atoms with Gasteiger partial charge in [0.05, 0.1) is 40.7 Å². The van der Waals surface area contributed by atoms with Crippen LogP contribution in [-0.2, 0) is 6.42 Å². The number of fused-ring (bicyclic) bond motifs is 1. The van der Waals surface area contributed by atoms with E-state index in [4.69, 9.17) is 21.1 Å². The van der Waals surface area contributed by atoms with Crippen LogP contribution < -0.4 is 14.8 Å². The van der Waals surface area contributed by atoms with Crippen LogP contribution in [-0.4, -0.2) is 35.6 Å². The van der Waals surface area contributed by atoms with Crippen LogP contribution in [0.25, 0.3) is 11.0 Å². The molecule has 158 valence electrons. The molecule has 0 atom stereocenters. The third-order valence-corrected chi connectivity index (χ3v) is 4.79. The Balaban J connectivity index is 1.69. The average Bonchev–Trinajstić information content (AvgIpc) is 2.73. The van der Waals surface area contributed by atoms with Crippen molar-refractivity contribution in [3.63, 3.8) is 0 Å². The highest BCUT2D eigenvalue weighted by Crippen LogP contribution is 2.36. The number of aromatic nitrogens is 2. The van der Waals surface area contributed by atoms with Gasteiger partial charge in [-0.15, -0.1) is 0 Å². The summed E-state index contributed by atoms with van der Waals surface area (Å²) in [6.45, 7) is 7.22. The van der Waals surface area contributed by atoms with Crippen molar-refractivity contribution in [1.82, 2.24) is 15.3 Å². The zero-order valence-corrected chi connectivity index (χ0v) is 18.3. The Morgan fingerprint density at radius 2 is 1.83 bits per heavy atom. The van der Waals surface area contributed by atoms with Crippen molar-refractivity contribution in [3.05, 3.63) is 58.4 Å². The summed E-state index contributed by atoms with van der Waals surface area (Å²) in [4.78, 5) is 21.9. The monoisotopic (exact) mass is 427 g/mol. The SMILES string of the molecule is CCCOc1c(Cl)cc(C(=O)NCCc2nc3ccccc3nc2C)cc1OCC. The van der Waals surface area contributed by atoms with E-state index in [-0.39, 0.29) is 5.91 Å². The molecule has 3 aromatic rings. The molecule has 2 aromatic carbocycles. The van der Waals surface area contributed by atoms with E-state index < -0.39 is 0 Å². The first-order chi connectivity index (χ1) is 14.5. The van der Waals surface area contributed by atoms with Crippen molar-refractivity contribution in [2.24, 2.45) is 0 Å². The van der Waals surface area contributed by atoms with Crippen LogP contribution in [0.4, 0.5) is 0 Å². The van der Waals surface area contributed by atoms with Gasteiger partial charge in [-0.1, -0.05) is 30.7 Å². The van der Waals surface area contributed by atoms with Crippen LogP contribution in [0.5, 0.6) is 11.5 Å². The number of carbonyl (C=O) groups is 1. The lowest BCUT2D eigenvalue weighted by atomic mass is 10.1. The van der Waals surface area contributed by atoms with Gasteiger partial charge in [-0.2, -0.15) is 0 Å². The Kier molecular flexibility index (Phi) is 7.46. The first-order valence-electron chi connectivity index (χ1n) is 10.1. The third kappa shape index (κ3) is 5.19. The van der Waals surface area contributed by atoms with Crippen molar-refractivity contribution < 1.29 is 14.3 Å². The molecular formula is C23H26ClN3O3. The molecule has 0 unspecified atom stereocenters. The summed E-state index contributed by atoms with van der Waals surface area (Å²) in [5.41, 5.74) is 3.87. The molecule has 0 aliphatic heterocycles. The Labute approximate surface area is 181 Å². The second-order valence-electron chi connectivity index (χ2n) is 6.82. The number of carbonyl (C=O) groups excluding carboxylic acids is 1. The highest BCUT2D eigenvalue weighted by molar-refractivity contribution is 6.32. The minimum absolute atomic E-state index is 0.230. The molecule has 1 N–H and O–H groups in total. The molecule has 1 heterocycles. The number of rotatable bonds is 9. The molecule has 0 bridgehead atoms. The van der Waals surface area contributed by atoms with Crippen LogP contribution in [0.3, 0.4) is 0 Å². The molecule has 0 aliphatic rings. The molecule has 0 fully saturated rings. The first kappa shape index (κ1) is 21.8. The van der Waals surface area contributed by atoms with Crippen LogP contribution >= 0.6 is 11.6 Å². The maximum Gasteiger partial charge on any atom is 0.251 e. The fourth-order valence-corrected chi connectivity index (χ4v) is 3.33. The van der Waals surface area contributed by atoms with Crippen molar-refractivity contribution >= 4 is 28.5 Å². The number of benzene rings is 2. The summed E-state index contributed by atoms with van der Waals surface area (Å²) in [5.74, 6) is 0.713. The third-order valence-electron chi connectivity index (χ3n) is 4.51. The van der Waals surface area contributed by atoms with Crippen LogP contribution in [0.2, 0.25) is 5.02 Å². The molecule has 6 nitrogen and oxygen atoms in total. The van der Waals surface area contributed by atoms with Crippen molar-refractivity contribution in [1.29, 1.82) is 0 Å². The van der Waals surface area contributed by atoms with E-state index in [1.807, 2.05) is 45.0 Å². The largest absolute Gasteiger partial charge is 0.490 e. The number of hydrogen-bond donors (Lipinski definition) is 1. The van der Waals surface area contributed by atoms with E-state index in [1.54, 1.807) is 12.1 Å². The van der Waals surface area contributed by atoms with Crippen molar-refractivity contribution in [2.45, 2.75) is 33.6 Å².